The molecule has 1 aromatic rings. The number of rotatable bonds is 4. The molecule has 3 aliphatic rings. The molecule has 6 heteroatoms. The first-order chi connectivity index (χ1) is 11.1. The highest BCUT2D eigenvalue weighted by Crippen LogP contribution is 2.33. The van der Waals surface area contributed by atoms with Gasteiger partial charge in [0.1, 0.15) is 5.76 Å². The Balaban J connectivity index is 1.39. The number of aryl methyl sites for hydroxylation is 2. The molecule has 3 atom stereocenters. The number of carbonyl (C=O) groups excluding carboxylic acids is 1. The van der Waals surface area contributed by atoms with E-state index >= 15 is 0 Å². The number of aromatic nitrogens is 1. The Labute approximate surface area is 136 Å². The third-order valence-electron chi connectivity index (χ3n) is 5.58. The van der Waals surface area contributed by atoms with Gasteiger partial charge in [0.15, 0.2) is 0 Å². The highest BCUT2D eigenvalue weighted by Gasteiger charge is 2.45. The van der Waals surface area contributed by atoms with E-state index in [0.29, 0.717) is 6.04 Å². The molecule has 1 amide bonds. The van der Waals surface area contributed by atoms with Gasteiger partial charge in [0, 0.05) is 31.2 Å². The summed E-state index contributed by atoms with van der Waals surface area (Å²) in [6.45, 7) is 6.46. The lowest BCUT2D eigenvalue weighted by Crippen LogP contribution is -2.47. The molecule has 2 aliphatic heterocycles. The standard InChI is InChI=1S/C17H25N3O3/c1-10-15(11(2)23-19-10)8-20-7-13-6-14(16(9-20)22-13)17(21)18-12-4-3-5-12/h12-14,16H,3-9H2,1-2H3,(H,18,21)/t13-,14-,16-/m1/s1. The molecule has 0 spiro atoms. The van der Waals surface area contributed by atoms with E-state index in [1.54, 1.807) is 0 Å². The van der Waals surface area contributed by atoms with Crippen molar-refractivity contribution in [1.29, 1.82) is 0 Å². The Morgan fingerprint density at radius 3 is 2.83 bits per heavy atom. The maximum absolute atomic E-state index is 12.5. The zero-order chi connectivity index (χ0) is 16.0. The Morgan fingerprint density at radius 2 is 2.17 bits per heavy atom. The Morgan fingerprint density at radius 1 is 1.35 bits per heavy atom. The fraction of sp³-hybridized carbons (Fsp3) is 0.765. The number of nitrogens with zero attached hydrogens (tertiary/aromatic N) is 2. The molecule has 0 unspecified atom stereocenters. The van der Waals surface area contributed by atoms with Crippen LogP contribution >= 0.6 is 0 Å². The molecule has 3 fully saturated rings. The van der Waals surface area contributed by atoms with Crippen molar-refractivity contribution in [2.24, 2.45) is 5.92 Å². The number of amides is 1. The van der Waals surface area contributed by atoms with Gasteiger partial charge in [-0.05, 0) is 39.5 Å². The number of hydrogen-bond acceptors (Lipinski definition) is 5. The Kier molecular flexibility index (Phi) is 3.89. The SMILES string of the molecule is Cc1noc(C)c1CN1C[C@H]2C[C@@H](C(=O)NC3CCC3)[C@@H](C1)O2. The summed E-state index contributed by atoms with van der Waals surface area (Å²) in [5.41, 5.74) is 2.13. The molecular weight excluding hydrogens is 294 g/mol. The number of fused-ring (bicyclic) bond motifs is 2. The van der Waals surface area contributed by atoms with Gasteiger partial charge >= 0.3 is 0 Å². The number of morpholine rings is 1. The topological polar surface area (TPSA) is 67.6 Å². The number of likely N-dealkylation sites (tertiary alicyclic amines) is 1. The van der Waals surface area contributed by atoms with Crippen LogP contribution in [0.5, 0.6) is 0 Å². The second-order valence-electron chi connectivity index (χ2n) is 7.27. The van der Waals surface area contributed by atoms with Gasteiger partial charge in [-0.25, -0.2) is 0 Å². The predicted octanol–water partition coefficient (Wildman–Crippen LogP) is 1.55. The van der Waals surface area contributed by atoms with Gasteiger partial charge in [0.25, 0.3) is 0 Å². The van der Waals surface area contributed by atoms with Crippen LogP contribution in [0.4, 0.5) is 0 Å². The van der Waals surface area contributed by atoms with Crippen LogP contribution in [0.3, 0.4) is 0 Å². The smallest absolute Gasteiger partial charge is 0.226 e. The van der Waals surface area contributed by atoms with Crippen molar-refractivity contribution in [3.8, 4) is 0 Å². The molecular formula is C17H25N3O3. The van der Waals surface area contributed by atoms with Crippen molar-refractivity contribution in [3.05, 3.63) is 17.0 Å². The van der Waals surface area contributed by atoms with Crippen LogP contribution in [0.1, 0.15) is 42.7 Å². The maximum atomic E-state index is 12.5. The fourth-order valence-corrected chi connectivity index (χ4v) is 3.95. The quantitative estimate of drug-likeness (QED) is 0.912. The van der Waals surface area contributed by atoms with E-state index in [0.717, 1.165) is 50.4 Å². The average molecular weight is 319 g/mol. The number of nitrogens with one attached hydrogen (secondary N) is 1. The van der Waals surface area contributed by atoms with E-state index in [1.165, 1.54) is 12.0 Å². The van der Waals surface area contributed by atoms with Gasteiger partial charge in [-0.2, -0.15) is 0 Å². The average Bonchev–Trinajstić information content (AvgIpc) is 2.96. The van der Waals surface area contributed by atoms with Gasteiger partial charge in [0.2, 0.25) is 5.91 Å². The predicted molar refractivity (Wildman–Crippen MR) is 83.8 cm³/mol. The summed E-state index contributed by atoms with van der Waals surface area (Å²) in [5, 5.41) is 7.22. The van der Waals surface area contributed by atoms with E-state index in [4.69, 9.17) is 9.26 Å². The van der Waals surface area contributed by atoms with E-state index in [2.05, 4.69) is 15.4 Å². The number of carbonyl (C=O) groups is 1. The van der Waals surface area contributed by atoms with Crippen molar-refractivity contribution < 1.29 is 14.1 Å². The summed E-state index contributed by atoms with van der Waals surface area (Å²) in [6.07, 6.45) is 4.54. The summed E-state index contributed by atoms with van der Waals surface area (Å²) in [4.78, 5) is 14.9. The fourth-order valence-electron chi connectivity index (χ4n) is 3.95. The minimum Gasteiger partial charge on any atom is -0.371 e. The van der Waals surface area contributed by atoms with Gasteiger partial charge in [0.05, 0.1) is 23.8 Å². The van der Waals surface area contributed by atoms with Crippen LogP contribution in [0.2, 0.25) is 0 Å². The molecule has 4 rings (SSSR count). The van der Waals surface area contributed by atoms with Crippen LogP contribution in [-0.2, 0) is 16.1 Å². The highest BCUT2D eigenvalue weighted by atomic mass is 16.5. The lowest BCUT2D eigenvalue weighted by Gasteiger charge is -2.33. The summed E-state index contributed by atoms with van der Waals surface area (Å²) in [7, 11) is 0. The maximum Gasteiger partial charge on any atom is 0.226 e. The lowest BCUT2D eigenvalue weighted by molar-refractivity contribution is -0.129. The van der Waals surface area contributed by atoms with E-state index in [9.17, 15) is 4.79 Å². The van der Waals surface area contributed by atoms with E-state index in [1.807, 2.05) is 13.8 Å². The van der Waals surface area contributed by atoms with Gasteiger partial charge in [-0.15, -0.1) is 0 Å². The van der Waals surface area contributed by atoms with E-state index < -0.39 is 0 Å². The van der Waals surface area contributed by atoms with Gasteiger partial charge in [-0.3, -0.25) is 9.69 Å². The second kappa shape index (κ2) is 5.91. The van der Waals surface area contributed by atoms with Crippen LogP contribution in [0, 0.1) is 19.8 Å². The van der Waals surface area contributed by atoms with Crippen molar-refractivity contribution in [1.82, 2.24) is 15.4 Å². The van der Waals surface area contributed by atoms with Crippen LogP contribution in [0.15, 0.2) is 4.52 Å². The lowest BCUT2D eigenvalue weighted by atomic mass is 9.91. The molecule has 23 heavy (non-hydrogen) atoms. The highest BCUT2D eigenvalue weighted by molar-refractivity contribution is 5.80. The number of ether oxygens (including phenoxy) is 1. The first-order valence-corrected chi connectivity index (χ1v) is 8.70. The molecule has 3 heterocycles. The first kappa shape index (κ1) is 15.1. The summed E-state index contributed by atoms with van der Waals surface area (Å²) >= 11 is 0. The minimum absolute atomic E-state index is 0.00951. The van der Waals surface area contributed by atoms with Crippen LogP contribution in [0.25, 0.3) is 0 Å². The zero-order valence-corrected chi connectivity index (χ0v) is 13.9. The molecule has 0 aromatic carbocycles. The van der Waals surface area contributed by atoms with Gasteiger partial charge in [-0.1, -0.05) is 5.16 Å². The van der Waals surface area contributed by atoms with Crippen molar-refractivity contribution in [2.45, 2.75) is 64.3 Å². The second-order valence-corrected chi connectivity index (χ2v) is 7.27. The monoisotopic (exact) mass is 319 g/mol. The molecule has 1 N–H and O–H groups in total. The molecule has 1 saturated carbocycles. The third kappa shape index (κ3) is 2.90. The first-order valence-electron chi connectivity index (χ1n) is 8.70. The third-order valence-corrected chi connectivity index (χ3v) is 5.58. The summed E-state index contributed by atoms with van der Waals surface area (Å²) in [5.74, 6) is 1.09. The van der Waals surface area contributed by atoms with Gasteiger partial charge < -0.3 is 14.6 Å². The molecule has 1 aliphatic carbocycles. The van der Waals surface area contributed by atoms with Crippen LogP contribution in [-0.4, -0.2) is 47.3 Å². The number of hydrogen-bond donors (Lipinski definition) is 1. The summed E-state index contributed by atoms with van der Waals surface area (Å²) < 4.78 is 11.3. The Hall–Kier alpha value is -1.40. The Bertz CT molecular complexity index is 576. The molecule has 2 saturated heterocycles. The van der Waals surface area contributed by atoms with Crippen molar-refractivity contribution >= 4 is 5.91 Å². The van der Waals surface area contributed by atoms with E-state index in [-0.39, 0.29) is 24.0 Å². The minimum atomic E-state index is 0.00951. The molecule has 126 valence electrons. The summed E-state index contributed by atoms with van der Waals surface area (Å²) in [6, 6.07) is 0.404. The van der Waals surface area contributed by atoms with Crippen LogP contribution < -0.4 is 5.32 Å². The zero-order valence-electron chi connectivity index (χ0n) is 13.9. The molecule has 1 aromatic heterocycles. The largest absolute Gasteiger partial charge is 0.371 e. The normalized spacial score (nSPS) is 31.1. The van der Waals surface area contributed by atoms with Crippen molar-refractivity contribution in [2.75, 3.05) is 13.1 Å². The van der Waals surface area contributed by atoms with Crippen molar-refractivity contribution in [3.63, 3.8) is 0 Å². The molecule has 0 radical (unpaired) electrons. The molecule has 6 nitrogen and oxygen atoms in total. The molecule has 2 bridgehead atoms.